The highest BCUT2D eigenvalue weighted by Crippen LogP contribution is 2.33. The summed E-state index contributed by atoms with van der Waals surface area (Å²) in [6.45, 7) is 0. The molecule has 0 aliphatic rings. The Bertz CT molecular complexity index is 1700. The van der Waals surface area contributed by atoms with Crippen molar-refractivity contribution in [2.75, 3.05) is 22.1 Å². The van der Waals surface area contributed by atoms with Gasteiger partial charge in [-0.15, -0.1) is 0 Å². The monoisotopic (exact) mass is 582 g/mol. The van der Waals surface area contributed by atoms with E-state index in [9.17, 15) is 35.5 Å². The van der Waals surface area contributed by atoms with E-state index < -0.39 is 41.8 Å². The average molecular weight is 583 g/mol. The number of amides is 2. The van der Waals surface area contributed by atoms with Crippen molar-refractivity contribution in [1.82, 2.24) is 0 Å². The molecule has 0 unspecified atom stereocenters. The van der Waals surface area contributed by atoms with E-state index in [1.54, 1.807) is 0 Å². The van der Waals surface area contributed by atoms with Gasteiger partial charge in [0, 0.05) is 22.5 Å². The van der Waals surface area contributed by atoms with Crippen molar-refractivity contribution in [3.05, 3.63) is 96.1 Å². The smallest absolute Gasteiger partial charge is 0.296 e. The summed E-state index contributed by atoms with van der Waals surface area (Å²) in [7, 11) is -9.73. The van der Waals surface area contributed by atoms with E-state index in [2.05, 4.69) is 10.6 Å². The molecule has 0 saturated heterocycles. The fourth-order valence-electron chi connectivity index (χ4n) is 3.70. The first-order valence-electron chi connectivity index (χ1n) is 11.3. The Labute approximate surface area is 229 Å². The Balaban J connectivity index is 1.71. The molecule has 206 valence electrons. The Hall–Kier alpha value is -4.76. The van der Waals surface area contributed by atoms with Crippen LogP contribution in [0.5, 0.6) is 0 Å². The first-order valence-corrected chi connectivity index (χ1v) is 14.2. The van der Waals surface area contributed by atoms with Gasteiger partial charge in [0.2, 0.25) is 0 Å². The molecule has 0 aliphatic carbocycles. The maximum Gasteiger partial charge on any atom is 0.296 e. The zero-order chi connectivity index (χ0) is 29.2. The standard InChI is InChI=1S/C26H22N4O8S2/c27-19-7-1-15(2-8-19)25(31)29-21-11-5-17(13-23(21)39(33,34)35)18-6-12-22(24(14-18)40(36,37)38)30-26(32)16-3-9-20(28)10-4-16/h1-14H,27-28H2,(H,29,31)(H,30,32)(H,33,34,35)(H,36,37,38). The van der Waals surface area contributed by atoms with E-state index >= 15 is 0 Å². The van der Waals surface area contributed by atoms with Gasteiger partial charge in [0.25, 0.3) is 32.1 Å². The highest BCUT2D eigenvalue weighted by molar-refractivity contribution is 7.86. The van der Waals surface area contributed by atoms with Gasteiger partial charge in [-0.25, -0.2) is 0 Å². The third-order valence-electron chi connectivity index (χ3n) is 5.69. The molecule has 0 bridgehead atoms. The van der Waals surface area contributed by atoms with E-state index in [-0.39, 0.29) is 33.6 Å². The first kappa shape index (κ1) is 28.3. The predicted molar refractivity (Wildman–Crippen MR) is 149 cm³/mol. The van der Waals surface area contributed by atoms with E-state index in [4.69, 9.17) is 11.5 Å². The van der Waals surface area contributed by atoms with Crippen molar-refractivity contribution in [3.8, 4) is 11.1 Å². The average Bonchev–Trinajstić information content (AvgIpc) is 2.88. The fraction of sp³-hybridized carbons (Fsp3) is 0. The van der Waals surface area contributed by atoms with Gasteiger partial charge < -0.3 is 22.1 Å². The molecule has 0 fully saturated rings. The second-order valence-corrected chi connectivity index (χ2v) is 11.3. The Morgan fingerprint density at radius 3 is 1.18 bits per heavy atom. The molecule has 8 N–H and O–H groups in total. The fourth-order valence-corrected chi connectivity index (χ4v) is 5.04. The quantitative estimate of drug-likeness (QED) is 0.137. The number of nitrogens with one attached hydrogen (secondary N) is 2. The number of rotatable bonds is 7. The van der Waals surface area contributed by atoms with Crippen molar-refractivity contribution in [2.45, 2.75) is 9.79 Å². The SMILES string of the molecule is Nc1ccc(C(=O)Nc2ccc(-c3ccc(NC(=O)c4ccc(N)cc4)c(S(=O)(=O)O)c3)cc2S(=O)(=O)O)cc1. The molecule has 0 heterocycles. The van der Waals surface area contributed by atoms with Crippen molar-refractivity contribution in [3.63, 3.8) is 0 Å². The molecule has 0 atom stereocenters. The summed E-state index contributed by atoms with van der Waals surface area (Å²) in [5.41, 5.74) is 12.1. The van der Waals surface area contributed by atoms with Crippen LogP contribution in [-0.2, 0) is 20.2 Å². The topological polar surface area (TPSA) is 219 Å². The minimum atomic E-state index is -4.86. The van der Waals surface area contributed by atoms with Crippen LogP contribution in [0.4, 0.5) is 22.7 Å². The van der Waals surface area contributed by atoms with E-state index in [0.717, 1.165) is 12.1 Å². The van der Waals surface area contributed by atoms with Gasteiger partial charge in [-0.2, -0.15) is 16.8 Å². The van der Waals surface area contributed by atoms with Gasteiger partial charge >= 0.3 is 0 Å². The molecule has 4 aromatic carbocycles. The van der Waals surface area contributed by atoms with Gasteiger partial charge in [0.05, 0.1) is 11.4 Å². The normalized spacial score (nSPS) is 11.6. The Morgan fingerprint density at radius 1 is 0.550 bits per heavy atom. The molecule has 40 heavy (non-hydrogen) atoms. The molecular formula is C26H22N4O8S2. The lowest BCUT2D eigenvalue weighted by Crippen LogP contribution is -2.15. The van der Waals surface area contributed by atoms with Crippen LogP contribution < -0.4 is 22.1 Å². The Morgan fingerprint density at radius 2 is 0.875 bits per heavy atom. The number of nitrogens with two attached hydrogens (primary N) is 2. The number of hydrogen-bond donors (Lipinski definition) is 6. The second kappa shape index (κ2) is 10.8. The van der Waals surface area contributed by atoms with Crippen LogP contribution in [0.15, 0.2) is 94.7 Å². The molecule has 4 rings (SSSR count). The van der Waals surface area contributed by atoms with Gasteiger partial charge in [0.1, 0.15) is 9.79 Å². The number of anilines is 4. The van der Waals surface area contributed by atoms with Crippen molar-refractivity contribution >= 4 is 54.8 Å². The molecule has 0 aromatic heterocycles. The molecule has 0 aliphatic heterocycles. The first-order chi connectivity index (χ1) is 18.7. The zero-order valence-corrected chi connectivity index (χ0v) is 22.0. The lowest BCUT2D eigenvalue weighted by Gasteiger charge is -2.14. The summed E-state index contributed by atoms with van der Waals surface area (Å²) in [6, 6.07) is 18.8. The number of nitrogen functional groups attached to an aromatic ring is 2. The van der Waals surface area contributed by atoms with Crippen LogP contribution in [0.3, 0.4) is 0 Å². The van der Waals surface area contributed by atoms with Gasteiger partial charge in [-0.1, -0.05) is 12.1 Å². The maximum absolute atomic E-state index is 12.6. The lowest BCUT2D eigenvalue weighted by atomic mass is 10.0. The summed E-state index contributed by atoms with van der Waals surface area (Å²) in [5.74, 6) is -1.35. The third-order valence-corrected chi connectivity index (χ3v) is 7.48. The number of benzene rings is 4. The van der Waals surface area contributed by atoms with Crippen LogP contribution in [-0.4, -0.2) is 37.8 Å². The third kappa shape index (κ3) is 6.44. The highest BCUT2D eigenvalue weighted by atomic mass is 32.2. The summed E-state index contributed by atoms with van der Waals surface area (Å²) >= 11 is 0. The molecular weight excluding hydrogens is 560 g/mol. The van der Waals surface area contributed by atoms with Crippen LogP contribution in [0.25, 0.3) is 11.1 Å². The minimum absolute atomic E-state index is 0.111. The molecule has 2 amide bonds. The second-order valence-electron chi connectivity index (χ2n) is 8.52. The molecule has 0 radical (unpaired) electrons. The van der Waals surface area contributed by atoms with Crippen molar-refractivity contribution < 1.29 is 35.5 Å². The minimum Gasteiger partial charge on any atom is -0.399 e. The van der Waals surface area contributed by atoms with Gasteiger partial charge in [-0.3, -0.25) is 18.7 Å². The molecule has 14 heteroatoms. The van der Waals surface area contributed by atoms with Gasteiger partial charge in [-0.05, 0) is 83.9 Å². The van der Waals surface area contributed by atoms with Gasteiger partial charge in [0.15, 0.2) is 0 Å². The van der Waals surface area contributed by atoms with Crippen molar-refractivity contribution in [2.24, 2.45) is 0 Å². The molecule has 0 saturated carbocycles. The summed E-state index contributed by atoms with van der Waals surface area (Å²) < 4.78 is 68.3. The lowest BCUT2D eigenvalue weighted by molar-refractivity contribution is 0.101. The zero-order valence-electron chi connectivity index (χ0n) is 20.4. The summed E-state index contributed by atoms with van der Waals surface area (Å²) in [4.78, 5) is 23.9. The van der Waals surface area contributed by atoms with Crippen LogP contribution in [0, 0.1) is 0 Å². The van der Waals surface area contributed by atoms with Crippen LogP contribution in [0.1, 0.15) is 20.7 Å². The van der Waals surface area contributed by atoms with Crippen molar-refractivity contribution in [1.29, 1.82) is 0 Å². The number of carbonyl (C=O) groups is 2. The number of hydrogen-bond acceptors (Lipinski definition) is 8. The van der Waals surface area contributed by atoms with E-state index in [1.165, 1.54) is 72.8 Å². The maximum atomic E-state index is 12.6. The summed E-state index contributed by atoms with van der Waals surface area (Å²) in [6.07, 6.45) is 0. The highest BCUT2D eigenvalue weighted by Gasteiger charge is 2.22. The number of carbonyl (C=O) groups excluding carboxylic acids is 2. The Kier molecular flexibility index (Phi) is 7.61. The largest absolute Gasteiger partial charge is 0.399 e. The predicted octanol–water partition coefficient (Wildman–Crippen LogP) is 3.52. The molecule has 0 spiro atoms. The molecule has 4 aromatic rings. The van der Waals surface area contributed by atoms with Crippen LogP contribution >= 0.6 is 0 Å². The van der Waals surface area contributed by atoms with E-state index in [1.807, 2.05) is 0 Å². The van der Waals surface area contributed by atoms with E-state index in [0.29, 0.717) is 11.4 Å². The summed E-state index contributed by atoms with van der Waals surface area (Å²) in [5, 5.41) is 4.81. The molecule has 12 nitrogen and oxygen atoms in total. The van der Waals surface area contributed by atoms with Crippen LogP contribution in [0.2, 0.25) is 0 Å².